The highest BCUT2D eigenvalue weighted by Crippen LogP contribution is 2.32. The third-order valence-corrected chi connectivity index (χ3v) is 6.63. The molecule has 0 radical (unpaired) electrons. The summed E-state index contributed by atoms with van der Waals surface area (Å²) in [6, 6.07) is 11.3. The number of hydrogen-bond donors (Lipinski definition) is 1. The van der Waals surface area contributed by atoms with E-state index in [1.807, 2.05) is 61.7 Å². The number of anilines is 2. The molecule has 0 spiro atoms. The first-order valence-electron chi connectivity index (χ1n) is 9.48. The van der Waals surface area contributed by atoms with Gasteiger partial charge in [-0.25, -0.2) is 0 Å². The number of aromatic nitrogens is 4. The predicted octanol–water partition coefficient (Wildman–Crippen LogP) is 4.97. The van der Waals surface area contributed by atoms with Crippen LogP contribution in [0.5, 0.6) is 5.75 Å². The van der Waals surface area contributed by atoms with Crippen molar-refractivity contribution in [3.05, 3.63) is 59.1 Å². The number of rotatable bonds is 8. The van der Waals surface area contributed by atoms with Crippen molar-refractivity contribution in [1.82, 2.24) is 19.9 Å². The molecule has 0 unspecified atom stereocenters. The van der Waals surface area contributed by atoms with E-state index in [1.54, 1.807) is 7.11 Å². The number of ether oxygens (including phenoxy) is 1. The SMILES string of the molecule is COc1ccccc1Nc1nnc(SCC(=O)c2cc(C)n(-c3cc(C)on3)c2C)s1. The normalized spacial score (nSPS) is 11.0. The number of benzene rings is 1. The van der Waals surface area contributed by atoms with Crippen molar-refractivity contribution >= 4 is 39.7 Å². The van der Waals surface area contributed by atoms with Crippen molar-refractivity contribution in [2.45, 2.75) is 25.1 Å². The summed E-state index contributed by atoms with van der Waals surface area (Å²) in [5.41, 5.74) is 3.25. The molecule has 0 saturated heterocycles. The summed E-state index contributed by atoms with van der Waals surface area (Å²) < 4.78 is 13.2. The summed E-state index contributed by atoms with van der Waals surface area (Å²) in [4.78, 5) is 12.9. The maximum absolute atomic E-state index is 12.9. The molecule has 0 bridgehead atoms. The molecular weight excluding hydrogens is 434 g/mol. The molecule has 10 heteroatoms. The first-order chi connectivity index (χ1) is 15.0. The second kappa shape index (κ2) is 8.94. The number of carbonyl (C=O) groups excluding carboxylic acids is 1. The molecule has 3 aromatic heterocycles. The average Bonchev–Trinajstić information content (AvgIpc) is 3.46. The first kappa shape index (κ1) is 21.1. The van der Waals surface area contributed by atoms with E-state index in [4.69, 9.17) is 9.26 Å². The number of nitrogens with zero attached hydrogens (tertiary/aromatic N) is 4. The third-order valence-electron chi connectivity index (χ3n) is 4.66. The van der Waals surface area contributed by atoms with Gasteiger partial charge in [0.15, 0.2) is 15.9 Å². The number of methoxy groups -OCH3 is 1. The van der Waals surface area contributed by atoms with Crippen LogP contribution in [0.2, 0.25) is 0 Å². The van der Waals surface area contributed by atoms with Gasteiger partial charge in [-0.1, -0.05) is 40.4 Å². The Bertz CT molecular complexity index is 1230. The molecule has 4 aromatic rings. The zero-order valence-electron chi connectivity index (χ0n) is 17.5. The van der Waals surface area contributed by atoms with Crippen LogP contribution in [0.25, 0.3) is 5.82 Å². The van der Waals surface area contributed by atoms with Gasteiger partial charge in [0.1, 0.15) is 11.5 Å². The number of ketones is 1. The van der Waals surface area contributed by atoms with Gasteiger partial charge in [0.25, 0.3) is 0 Å². The van der Waals surface area contributed by atoms with E-state index in [-0.39, 0.29) is 11.5 Å². The summed E-state index contributed by atoms with van der Waals surface area (Å²) in [5.74, 6) is 2.42. The number of aryl methyl sites for hydroxylation is 2. The van der Waals surface area contributed by atoms with Crippen LogP contribution < -0.4 is 10.1 Å². The van der Waals surface area contributed by atoms with E-state index >= 15 is 0 Å². The van der Waals surface area contributed by atoms with Crippen LogP contribution in [0.3, 0.4) is 0 Å². The lowest BCUT2D eigenvalue weighted by Gasteiger charge is -2.07. The molecular formula is C21H21N5O3S2. The van der Waals surface area contributed by atoms with Crippen LogP contribution in [-0.4, -0.2) is 38.6 Å². The maximum atomic E-state index is 12.9. The van der Waals surface area contributed by atoms with Gasteiger partial charge in [0.2, 0.25) is 5.13 Å². The summed E-state index contributed by atoms with van der Waals surface area (Å²) in [6.45, 7) is 5.70. The summed E-state index contributed by atoms with van der Waals surface area (Å²) in [6.07, 6.45) is 0. The van der Waals surface area contributed by atoms with Gasteiger partial charge >= 0.3 is 0 Å². The molecule has 31 heavy (non-hydrogen) atoms. The molecule has 0 saturated carbocycles. The molecule has 0 aliphatic heterocycles. The Morgan fingerprint density at radius 3 is 2.77 bits per heavy atom. The number of nitrogens with one attached hydrogen (secondary N) is 1. The van der Waals surface area contributed by atoms with E-state index in [9.17, 15) is 4.79 Å². The highest BCUT2D eigenvalue weighted by Gasteiger charge is 2.19. The largest absolute Gasteiger partial charge is 0.495 e. The van der Waals surface area contributed by atoms with Crippen LogP contribution in [0.15, 0.2) is 45.3 Å². The molecule has 1 aromatic carbocycles. The molecule has 1 N–H and O–H groups in total. The number of carbonyl (C=O) groups is 1. The molecule has 0 aliphatic carbocycles. The van der Waals surface area contributed by atoms with Gasteiger partial charge in [-0.3, -0.25) is 9.36 Å². The predicted molar refractivity (Wildman–Crippen MR) is 121 cm³/mol. The summed E-state index contributed by atoms with van der Waals surface area (Å²) in [5, 5.41) is 16.2. The third kappa shape index (κ3) is 4.49. The fourth-order valence-corrected chi connectivity index (χ4v) is 4.89. The van der Waals surface area contributed by atoms with E-state index in [1.165, 1.54) is 23.1 Å². The van der Waals surface area contributed by atoms with Gasteiger partial charge < -0.3 is 14.6 Å². The lowest BCUT2D eigenvalue weighted by atomic mass is 10.2. The van der Waals surface area contributed by atoms with Crippen LogP contribution in [-0.2, 0) is 0 Å². The van der Waals surface area contributed by atoms with Crippen LogP contribution in [0, 0.1) is 20.8 Å². The molecule has 8 nitrogen and oxygen atoms in total. The zero-order chi connectivity index (χ0) is 22.0. The summed E-state index contributed by atoms with van der Waals surface area (Å²) in [7, 11) is 1.62. The highest BCUT2D eigenvalue weighted by atomic mass is 32.2. The van der Waals surface area contributed by atoms with E-state index in [2.05, 4.69) is 20.7 Å². The molecule has 160 valence electrons. The second-order valence-electron chi connectivity index (χ2n) is 6.83. The summed E-state index contributed by atoms with van der Waals surface area (Å²) >= 11 is 2.76. The number of thioether (sulfide) groups is 1. The lowest BCUT2D eigenvalue weighted by molar-refractivity contribution is 0.102. The van der Waals surface area contributed by atoms with Gasteiger partial charge in [-0.05, 0) is 39.0 Å². The van der Waals surface area contributed by atoms with Crippen molar-refractivity contribution < 1.29 is 14.1 Å². The topological polar surface area (TPSA) is 95.1 Å². The Kier molecular flexibility index (Phi) is 6.10. The molecule has 4 rings (SSSR count). The van der Waals surface area contributed by atoms with Crippen LogP contribution >= 0.6 is 23.1 Å². The lowest BCUT2D eigenvalue weighted by Crippen LogP contribution is -2.05. The average molecular weight is 456 g/mol. The minimum Gasteiger partial charge on any atom is -0.495 e. The van der Waals surface area contributed by atoms with E-state index in [0.29, 0.717) is 20.9 Å². The number of para-hydroxylation sites is 2. The van der Waals surface area contributed by atoms with Crippen molar-refractivity contribution in [2.75, 3.05) is 18.2 Å². The number of Topliss-reactive ketones (excluding diaryl/α,β-unsaturated/α-hetero) is 1. The Labute approximate surface area is 187 Å². The molecule has 0 amide bonds. The highest BCUT2D eigenvalue weighted by molar-refractivity contribution is 8.01. The fourth-order valence-electron chi connectivity index (χ4n) is 3.24. The van der Waals surface area contributed by atoms with E-state index < -0.39 is 0 Å². The second-order valence-corrected chi connectivity index (χ2v) is 9.03. The Balaban J connectivity index is 1.43. The monoisotopic (exact) mass is 455 g/mol. The van der Waals surface area contributed by atoms with Gasteiger partial charge in [-0.15, -0.1) is 10.2 Å². The fraction of sp³-hybridized carbons (Fsp3) is 0.238. The zero-order valence-corrected chi connectivity index (χ0v) is 19.1. The van der Waals surface area contributed by atoms with Crippen LogP contribution in [0.1, 0.15) is 27.5 Å². The van der Waals surface area contributed by atoms with Crippen LogP contribution in [0.4, 0.5) is 10.8 Å². The Morgan fingerprint density at radius 1 is 1.23 bits per heavy atom. The minimum absolute atomic E-state index is 0.0269. The van der Waals surface area contributed by atoms with Gasteiger partial charge in [0.05, 0.1) is 18.6 Å². The van der Waals surface area contributed by atoms with Crippen molar-refractivity contribution in [1.29, 1.82) is 0 Å². The van der Waals surface area contributed by atoms with Gasteiger partial charge in [0, 0.05) is 23.0 Å². The quantitative estimate of drug-likeness (QED) is 0.294. The minimum atomic E-state index is 0.0269. The molecule has 0 aliphatic rings. The van der Waals surface area contributed by atoms with Crippen molar-refractivity contribution in [2.24, 2.45) is 0 Å². The number of hydrogen-bond acceptors (Lipinski definition) is 9. The first-order valence-corrected chi connectivity index (χ1v) is 11.3. The molecule has 0 fully saturated rings. The van der Waals surface area contributed by atoms with Gasteiger partial charge in [-0.2, -0.15) is 0 Å². The van der Waals surface area contributed by atoms with Crippen molar-refractivity contribution in [3.63, 3.8) is 0 Å². The maximum Gasteiger partial charge on any atom is 0.210 e. The van der Waals surface area contributed by atoms with Crippen molar-refractivity contribution in [3.8, 4) is 11.6 Å². The Hall–Kier alpha value is -3.11. The Morgan fingerprint density at radius 2 is 2.03 bits per heavy atom. The standard InChI is InChI=1S/C21H21N5O3S2/c1-12-9-15(14(3)26(12)19-10-13(2)29-25-19)17(27)11-30-21-24-23-20(31-21)22-16-7-5-6-8-18(16)28-4/h5-10H,11H2,1-4H3,(H,22,23). The molecule has 3 heterocycles. The molecule has 0 atom stereocenters. The smallest absolute Gasteiger partial charge is 0.210 e. The van der Waals surface area contributed by atoms with E-state index in [0.717, 1.165) is 28.6 Å².